The second-order valence-corrected chi connectivity index (χ2v) is 13.8. The van der Waals surface area contributed by atoms with E-state index in [0.29, 0.717) is 5.92 Å². The molecule has 3 nitrogen and oxygen atoms in total. The summed E-state index contributed by atoms with van der Waals surface area (Å²) in [5.74, 6) is 0.799. The van der Waals surface area contributed by atoms with Gasteiger partial charge in [0.05, 0.1) is 12.0 Å². The minimum Gasteiger partial charge on any atom is -0.412 e. The van der Waals surface area contributed by atoms with Crippen LogP contribution in [0.4, 0.5) is 0 Å². The van der Waals surface area contributed by atoms with Crippen molar-refractivity contribution < 1.29 is 9.22 Å². The number of hydrogen-bond donors (Lipinski definition) is 0. The molecule has 0 N–H and O–H groups in total. The van der Waals surface area contributed by atoms with Gasteiger partial charge < -0.3 is 9.33 Å². The SMILES string of the molecule is C[C@@H](C(=O)N(C)C)[C@@H](O[Si]1(C(C)(C)C)CCC1)C1CCCCC1. The molecular weight excluding hydrogens is 302 g/mol. The largest absolute Gasteiger partial charge is 0.412 e. The third-order valence-corrected chi connectivity index (χ3v) is 12.1. The summed E-state index contributed by atoms with van der Waals surface area (Å²) in [6.45, 7) is 9.17. The molecule has 2 atom stereocenters. The normalized spacial score (nSPS) is 24.6. The average Bonchev–Trinajstić information content (AvgIpc) is 2.44. The Morgan fingerprint density at radius 1 is 1.09 bits per heavy atom. The van der Waals surface area contributed by atoms with Crippen molar-refractivity contribution in [1.29, 1.82) is 0 Å². The first-order valence-corrected chi connectivity index (χ1v) is 11.9. The van der Waals surface area contributed by atoms with Crippen LogP contribution in [0.3, 0.4) is 0 Å². The monoisotopic (exact) mass is 339 g/mol. The van der Waals surface area contributed by atoms with Gasteiger partial charge in [-0.25, -0.2) is 0 Å². The molecule has 4 heteroatoms. The van der Waals surface area contributed by atoms with Gasteiger partial charge >= 0.3 is 0 Å². The fraction of sp³-hybridized carbons (Fsp3) is 0.947. The molecule has 0 unspecified atom stereocenters. The van der Waals surface area contributed by atoms with E-state index in [1.807, 2.05) is 14.1 Å². The molecule has 0 aromatic carbocycles. The fourth-order valence-corrected chi connectivity index (χ4v) is 8.42. The highest BCUT2D eigenvalue weighted by molar-refractivity contribution is 6.79. The van der Waals surface area contributed by atoms with Gasteiger partial charge in [0.2, 0.25) is 5.91 Å². The fourth-order valence-electron chi connectivity index (χ4n) is 4.42. The van der Waals surface area contributed by atoms with E-state index in [9.17, 15) is 4.79 Å². The van der Waals surface area contributed by atoms with Crippen LogP contribution < -0.4 is 0 Å². The van der Waals surface area contributed by atoms with Crippen LogP contribution >= 0.6 is 0 Å². The van der Waals surface area contributed by atoms with E-state index in [2.05, 4.69) is 27.7 Å². The van der Waals surface area contributed by atoms with E-state index in [4.69, 9.17) is 4.43 Å². The van der Waals surface area contributed by atoms with Crippen LogP contribution in [0.15, 0.2) is 0 Å². The second kappa shape index (κ2) is 7.26. The summed E-state index contributed by atoms with van der Waals surface area (Å²) < 4.78 is 7.00. The van der Waals surface area contributed by atoms with Crippen molar-refractivity contribution in [2.24, 2.45) is 11.8 Å². The summed E-state index contributed by atoms with van der Waals surface area (Å²) in [4.78, 5) is 14.4. The summed E-state index contributed by atoms with van der Waals surface area (Å²) in [5, 5.41) is 0.277. The zero-order valence-electron chi connectivity index (χ0n) is 16.2. The predicted molar refractivity (Wildman–Crippen MR) is 99.0 cm³/mol. The smallest absolute Gasteiger partial charge is 0.227 e. The number of hydrogen-bond acceptors (Lipinski definition) is 2. The van der Waals surface area contributed by atoms with Crippen LogP contribution in [-0.4, -0.2) is 39.3 Å². The van der Waals surface area contributed by atoms with Crippen molar-refractivity contribution >= 4 is 14.2 Å². The molecule has 1 aliphatic heterocycles. The zero-order chi connectivity index (χ0) is 17.3. The van der Waals surface area contributed by atoms with Crippen molar-refractivity contribution in [3.63, 3.8) is 0 Å². The van der Waals surface area contributed by atoms with Crippen LogP contribution in [0.5, 0.6) is 0 Å². The molecule has 1 aliphatic carbocycles. The quantitative estimate of drug-likeness (QED) is 0.672. The molecule has 2 rings (SSSR count). The number of carbonyl (C=O) groups excluding carboxylic acids is 1. The zero-order valence-corrected chi connectivity index (χ0v) is 17.2. The first-order valence-electron chi connectivity index (χ1n) is 9.57. The third-order valence-electron chi connectivity index (χ3n) is 6.33. The van der Waals surface area contributed by atoms with Crippen molar-refractivity contribution in [2.75, 3.05) is 14.1 Å². The minimum absolute atomic E-state index is 0.0135. The highest BCUT2D eigenvalue weighted by Crippen LogP contribution is 2.52. The molecule has 0 aromatic rings. The molecule has 0 bridgehead atoms. The Morgan fingerprint density at radius 3 is 2.04 bits per heavy atom. The van der Waals surface area contributed by atoms with Crippen LogP contribution in [0.1, 0.15) is 66.2 Å². The summed E-state index contributed by atoms with van der Waals surface area (Å²) in [7, 11) is 2.04. The molecule has 134 valence electrons. The Kier molecular flexibility index (Phi) is 5.99. The van der Waals surface area contributed by atoms with Gasteiger partial charge in [-0.1, -0.05) is 53.4 Å². The number of amides is 1. The lowest BCUT2D eigenvalue weighted by atomic mass is 9.80. The van der Waals surface area contributed by atoms with Gasteiger partial charge in [-0.3, -0.25) is 4.79 Å². The highest BCUT2D eigenvalue weighted by atomic mass is 28.4. The molecule has 0 aromatic heterocycles. The predicted octanol–water partition coefficient (Wildman–Crippen LogP) is 4.83. The van der Waals surface area contributed by atoms with E-state index in [0.717, 1.165) is 0 Å². The Labute approximate surface area is 144 Å². The summed E-state index contributed by atoms with van der Waals surface area (Å²) in [5.41, 5.74) is 0. The van der Waals surface area contributed by atoms with Gasteiger partial charge in [-0.2, -0.15) is 0 Å². The Hall–Kier alpha value is -0.353. The Morgan fingerprint density at radius 2 is 1.65 bits per heavy atom. The first kappa shape index (κ1) is 19.0. The van der Waals surface area contributed by atoms with Gasteiger partial charge in [0.25, 0.3) is 0 Å². The number of nitrogens with zero attached hydrogens (tertiary/aromatic N) is 1. The molecule has 1 saturated heterocycles. The maximum atomic E-state index is 12.6. The average molecular weight is 340 g/mol. The van der Waals surface area contributed by atoms with E-state index in [1.165, 1.54) is 50.6 Å². The molecule has 0 radical (unpaired) electrons. The molecule has 1 heterocycles. The maximum Gasteiger partial charge on any atom is 0.227 e. The van der Waals surface area contributed by atoms with Crippen molar-refractivity contribution in [3.05, 3.63) is 0 Å². The number of carbonyl (C=O) groups is 1. The summed E-state index contributed by atoms with van der Waals surface area (Å²) in [6.07, 6.45) is 7.89. The van der Waals surface area contributed by atoms with Crippen molar-refractivity contribution in [3.8, 4) is 0 Å². The molecule has 2 aliphatic rings. The molecule has 1 saturated carbocycles. The van der Waals surface area contributed by atoms with Crippen LogP contribution in [-0.2, 0) is 9.22 Å². The van der Waals surface area contributed by atoms with Crippen molar-refractivity contribution in [1.82, 2.24) is 4.90 Å². The van der Waals surface area contributed by atoms with Gasteiger partial charge in [-0.05, 0) is 35.9 Å². The third kappa shape index (κ3) is 4.01. The maximum absolute atomic E-state index is 12.6. The molecular formula is C19H37NO2Si. The molecule has 2 fully saturated rings. The van der Waals surface area contributed by atoms with E-state index in [1.54, 1.807) is 4.90 Å². The minimum atomic E-state index is -1.71. The van der Waals surface area contributed by atoms with Crippen LogP contribution in [0.2, 0.25) is 17.1 Å². The van der Waals surface area contributed by atoms with E-state index in [-0.39, 0.29) is 23.0 Å². The van der Waals surface area contributed by atoms with Gasteiger partial charge in [-0.15, -0.1) is 0 Å². The van der Waals surface area contributed by atoms with Crippen LogP contribution in [0, 0.1) is 11.8 Å². The second-order valence-electron chi connectivity index (χ2n) is 9.10. The summed E-state index contributed by atoms with van der Waals surface area (Å²) >= 11 is 0. The molecule has 0 spiro atoms. The Bertz CT molecular complexity index is 406. The topological polar surface area (TPSA) is 29.5 Å². The lowest BCUT2D eigenvalue weighted by Crippen LogP contribution is -2.57. The first-order chi connectivity index (χ1) is 10.7. The van der Waals surface area contributed by atoms with Crippen molar-refractivity contribution in [2.45, 2.75) is 89.5 Å². The van der Waals surface area contributed by atoms with E-state index >= 15 is 0 Å². The van der Waals surface area contributed by atoms with Gasteiger partial charge in [0.1, 0.15) is 0 Å². The highest BCUT2D eigenvalue weighted by Gasteiger charge is 2.54. The van der Waals surface area contributed by atoms with Gasteiger partial charge in [0, 0.05) is 14.1 Å². The lowest BCUT2D eigenvalue weighted by molar-refractivity contribution is -0.137. The molecule has 23 heavy (non-hydrogen) atoms. The lowest BCUT2D eigenvalue weighted by Gasteiger charge is -2.52. The summed E-state index contributed by atoms with van der Waals surface area (Å²) in [6, 6.07) is 2.56. The van der Waals surface area contributed by atoms with Gasteiger partial charge in [0.15, 0.2) is 8.32 Å². The standard InChI is InChI=1S/C19H37NO2Si/c1-15(18(21)20(5)6)17(16-11-8-7-9-12-16)22-23(13-10-14-23)19(2,3)4/h15-17H,7-14H2,1-6H3/t15-,17-/m1/s1. The van der Waals surface area contributed by atoms with E-state index < -0.39 is 8.32 Å². The number of rotatable bonds is 5. The van der Waals surface area contributed by atoms with Crippen LogP contribution in [0.25, 0.3) is 0 Å². The Balaban J connectivity index is 2.20. The molecule has 1 amide bonds.